The number of aliphatic hydroxyl groups excluding tert-OH is 11. The molecule has 0 aromatic carbocycles. The zero-order valence-corrected chi connectivity index (χ0v) is 38.6. The van der Waals surface area contributed by atoms with E-state index in [0.717, 1.165) is 38.5 Å². The molecule has 65 heavy (non-hydrogen) atoms. The molecule has 0 aromatic heterocycles. The van der Waals surface area contributed by atoms with E-state index in [9.17, 15) is 61.0 Å². The van der Waals surface area contributed by atoms with E-state index in [1.165, 1.54) is 5.57 Å². The molecule has 11 N–H and O–H groups in total. The van der Waals surface area contributed by atoms with E-state index in [0.29, 0.717) is 25.7 Å². The third kappa shape index (κ3) is 7.80. The minimum absolute atomic E-state index is 0.00679. The summed E-state index contributed by atoms with van der Waals surface area (Å²) < 4.78 is 35.4. The molecule has 0 spiro atoms. The number of aliphatic hydroxyl groups is 11. The summed E-state index contributed by atoms with van der Waals surface area (Å²) in [4.78, 5) is 14.7. The Labute approximate surface area is 380 Å². The molecule has 5 aliphatic carbocycles. The zero-order valence-electron chi connectivity index (χ0n) is 38.6. The van der Waals surface area contributed by atoms with Crippen molar-refractivity contribution in [1.82, 2.24) is 0 Å². The summed E-state index contributed by atoms with van der Waals surface area (Å²) in [5, 5.41) is 116. The van der Waals surface area contributed by atoms with Crippen molar-refractivity contribution in [2.45, 2.75) is 198 Å². The van der Waals surface area contributed by atoms with Crippen molar-refractivity contribution in [2.24, 2.45) is 50.2 Å². The molecule has 18 heteroatoms. The van der Waals surface area contributed by atoms with E-state index in [1.54, 1.807) is 0 Å². The number of allylic oxidation sites excluding steroid dienone is 2. The third-order valence-corrected chi connectivity index (χ3v) is 19.1. The summed E-state index contributed by atoms with van der Waals surface area (Å²) in [7, 11) is 0. The van der Waals surface area contributed by atoms with Gasteiger partial charge in [-0.15, -0.1) is 0 Å². The van der Waals surface area contributed by atoms with Crippen molar-refractivity contribution >= 4 is 5.97 Å². The van der Waals surface area contributed by atoms with E-state index in [2.05, 4.69) is 40.7 Å². The Morgan fingerprint density at radius 2 is 1.29 bits per heavy atom. The van der Waals surface area contributed by atoms with Gasteiger partial charge < -0.3 is 84.6 Å². The van der Waals surface area contributed by atoms with Crippen LogP contribution < -0.4 is 0 Å². The lowest BCUT2D eigenvalue weighted by atomic mass is 9.33. The van der Waals surface area contributed by atoms with Gasteiger partial charge in [-0.05, 0) is 104 Å². The monoisotopic (exact) mass is 929 g/mol. The molecular weight excluding hydrogens is 852 g/mol. The van der Waals surface area contributed by atoms with Crippen molar-refractivity contribution < 1.29 is 89.4 Å². The van der Waals surface area contributed by atoms with Gasteiger partial charge in [-0.1, -0.05) is 53.2 Å². The number of hydrogen-bond acceptors (Lipinski definition) is 18. The molecule has 18 nitrogen and oxygen atoms in total. The van der Waals surface area contributed by atoms with Crippen LogP contribution in [-0.2, 0) is 33.2 Å². The van der Waals surface area contributed by atoms with Crippen molar-refractivity contribution in [3.05, 3.63) is 11.6 Å². The van der Waals surface area contributed by atoms with Gasteiger partial charge in [0.25, 0.3) is 0 Å². The number of hydrogen-bond donors (Lipinski definition) is 11. The molecule has 7 fully saturated rings. The van der Waals surface area contributed by atoms with Crippen molar-refractivity contribution in [3.8, 4) is 0 Å². The van der Waals surface area contributed by atoms with E-state index in [-0.39, 0.29) is 52.6 Å². The van der Waals surface area contributed by atoms with Crippen LogP contribution >= 0.6 is 0 Å². The van der Waals surface area contributed by atoms with Crippen LogP contribution in [0.5, 0.6) is 0 Å². The van der Waals surface area contributed by atoms with Gasteiger partial charge in [0.15, 0.2) is 12.6 Å². The van der Waals surface area contributed by atoms with Gasteiger partial charge in [-0.25, -0.2) is 0 Å². The topological polar surface area (TPSA) is 295 Å². The lowest BCUT2D eigenvalue weighted by Gasteiger charge is -2.71. The highest BCUT2D eigenvalue weighted by Crippen LogP contribution is 2.76. The van der Waals surface area contributed by atoms with Crippen LogP contribution in [-0.4, -0.2) is 181 Å². The second-order valence-corrected chi connectivity index (χ2v) is 22.9. The molecule has 3 saturated heterocycles. The van der Waals surface area contributed by atoms with Gasteiger partial charge in [0.2, 0.25) is 6.29 Å². The second-order valence-electron chi connectivity index (χ2n) is 22.9. The average Bonchev–Trinajstić information content (AvgIpc) is 3.26. The summed E-state index contributed by atoms with van der Waals surface area (Å²) >= 11 is 0. The van der Waals surface area contributed by atoms with Crippen LogP contribution in [0.2, 0.25) is 0 Å². The quantitative estimate of drug-likeness (QED) is 0.0808. The van der Waals surface area contributed by atoms with Gasteiger partial charge in [0.1, 0.15) is 67.1 Å². The van der Waals surface area contributed by atoms with Crippen molar-refractivity contribution in [1.29, 1.82) is 0 Å². The molecule has 0 amide bonds. The fourth-order valence-corrected chi connectivity index (χ4v) is 14.8. The minimum Gasteiger partial charge on any atom is -0.432 e. The first-order valence-electron chi connectivity index (χ1n) is 23.9. The maximum Gasteiger partial charge on any atom is 0.315 e. The van der Waals surface area contributed by atoms with E-state index < -0.39 is 122 Å². The SMILES string of the molecule is CC1(C)CC[C@]2(C(=O)O[C@@H]3O[C@H](CO)[C@@H](O)[C@H](O)[C@H]3O)CC[C@]3(C)C(=CC[C@@H]4[C@@]5(C)CC[C@H](O[C@@H]6OC[C@H](O)[C@H](O[C@@H]7O[C@H](CO)[C@@H](O)[C@H](O)[C@H]7O)[C@H]6O)[C@@](C)(CO)[C@@H]5CC[C@]43C)[C@@H]2C1. The van der Waals surface area contributed by atoms with Gasteiger partial charge in [-0.2, -0.15) is 0 Å². The normalized spacial score (nSPS) is 54.3. The largest absolute Gasteiger partial charge is 0.432 e. The molecule has 8 rings (SSSR count). The van der Waals surface area contributed by atoms with Crippen LogP contribution in [0.3, 0.4) is 0 Å². The Morgan fingerprint density at radius 1 is 0.677 bits per heavy atom. The second kappa shape index (κ2) is 17.8. The number of carbonyl (C=O) groups is 1. The highest BCUT2D eigenvalue weighted by molar-refractivity contribution is 5.79. The number of carbonyl (C=O) groups excluding carboxylic acids is 1. The Bertz CT molecular complexity index is 1760. The first-order valence-corrected chi connectivity index (χ1v) is 23.9. The minimum atomic E-state index is -1.75. The van der Waals surface area contributed by atoms with Gasteiger partial charge >= 0.3 is 5.97 Å². The first kappa shape index (κ1) is 50.0. The maximum absolute atomic E-state index is 14.7. The summed E-state index contributed by atoms with van der Waals surface area (Å²) in [6, 6.07) is 0. The van der Waals surface area contributed by atoms with Crippen LogP contribution in [0.4, 0.5) is 0 Å². The van der Waals surface area contributed by atoms with Gasteiger partial charge in [0.05, 0.1) is 37.9 Å². The zero-order chi connectivity index (χ0) is 47.4. The Kier molecular flexibility index (Phi) is 13.7. The van der Waals surface area contributed by atoms with E-state index in [1.807, 2.05) is 6.92 Å². The predicted octanol–water partition coefficient (Wildman–Crippen LogP) is -0.248. The van der Waals surface area contributed by atoms with Crippen molar-refractivity contribution in [2.75, 3.05) is 26.4 Å². The molecule has 0 aromatic rings. The molecular formula is C47H76O18. The Hall–Kier alpha value is -1.43. The smallest absolute Gasteiger partial charge is 0.315 e. The summed E-state index contributed by atoms with van der Waals surface area (Å²) in [5.41, 5.74) is -1.25. The highest BCUT2D eigenvalue weighted by atomic mass is 16.7. The van der Waals surface area contributed by atoms with Gasteiger partial charge in [-0.3, -0.25) is 4.79 Å². The molecule has 0 unspecified atom stereocenters. The summed E-state index contributed by atoms with van der Waals surface area (Å²) in [6.07, 6.45) is -12.5. The Morgan fingerprint density at radius 3 is 1.92 bits per heavy atom. The summed E-state index contributed by atoms with van der Waals surface area (Å²) in [6.45, 7) is 11.8. The van der Waals surface area contributed by atoms with Crippen LogP contribution in [0.15, 0.2) is 11.6 Å². The fraction of sp³-hybridized carbons (Fsp3) is 0.936. The highest BCUT2D eigenvalue weighted by Gasteiger charge is 2.70. The predicted molar refractivity (Wildman–Crippen MR) is 226 cm³/mol. The average molecular weight is 929 g/mol. The number of rotatable bonds is 9. The first-order chi connectivity index (χ1) is 30.5. The molecule has 3 aliphatic heterocycles. The van der Waals surface area contributed by atoms with Crippen LogP contribution in [0, 0.1) is 50.2 Å². The standard InChI is InChI=1S/C47H76O18/c1-42(2)13-15-47(41(59)65-40-35(57)33(55)31(53)26(19-49)62-40)16-14-45(5)22(23(47)17-42)7-8-28-43(3)11-10-29(44(4,21-50)27(43)9-12-46(28,45)6)63-38-36(58)37(24(51)20-60-38)64-39-34(56)32(54)30(52)25(18-48)61-39/h7,23-40,48-58H,8-21H2,1-6H3/t23-,24-,25+,26+,27+,28+,29-,30+,31+,32-,33-,34+,35+,36+,37-,38-,39-,40-,43-,44-,45+,46+,47-/m0/s1. The third-order valence-electron chi connectivity index (χ3n) is 19.1. The van der Waals surface area contributed by atoms with Crippen LogP contribution in [0.1, 0.15) is 106 Å². The maximum atomic E-state index is 14.7. The Balaban J connectivity index is 1.02. The molecule has 0 radical (unpaired) electrons. The molecule has 8 aliphatic rings. The van der Waals surface area contributed by atoms with Crippen LogP contribution in [0.25, 0.3) is 0 Å². The lowest BCUT2D eigenvalue weighted by Crippen LogP contribution is -2.67. The fourth-order valence-electron chi connectivity index (χ4n) is 14.8. The number of esters is 1. The van der Waals surface area contributed by atoms with E-state index in [4.69, 9.17) is 28.4 Å². The van der Waals surface area contributed by atoms with Gasteiger partial charge in [0, 0.05) is 5.41 Å². The lowest BCUT2D eigenvalue weighted by molar-refractivity contribution is -0.358. The molecule has 0 bridgehead atoms. The number of ether oxygens (including phenoxy) is 6. The summed E-state index contributed by atoms with van der Waals surface area (Å²) in [5.74, 6) is -0.472. The number of fused-ring (bicyclic) bond motifs is 7. The molecule has 372 valence electrons. The molecule has 23 atom stereocenters. The van der Waals surface area contributed by atoms with Crippen molar-refractivity contribution in [3.63, 3.8) is 0 Å². The van der Waals surface area contributed by atoms with E-state index >= 15 is 0 Å². The molecule has 3 heterocycles. The molecule has 4 saturated carbocycles.